The normalized spacial score (nSPS) is 10.0. The van der Waals surface area contributed by atoms with Crippen LogP contribution in [0.4, 0.5) is 11.5 Å². The highest BCUT2D eigenvalue weighted by atomic mass is 35.5. The van der Waals surface area contributed by atoms with E-state index in [1.54, 1.807) is 12.4 Å². The topological polar surface area (TPSA) is 91.7 Å². The third-order valence-electron chi connectivity index (χ3n) is 2.70. The molecular formula is C13H13ClN6. The fourth-order valence-corrected chi connectivity index (χ4v) is 1.90. The summed E-state index contributed by atoms with van der Waals surface area (Å²) in [5.74, 6) is 0.532. The SMILES string of the molecule is N#CCCN(Cc1cccnc1)c1ncnc(Cl)c1N. The van der Waals surface area contributed by atoms with Gasteiger partial charge in [0.1, 0.15) is 12.0 Å². The Morgan fingerprint density at radius 1 is 1.40 bits per heavy atom. The number of aromatic nitrogens is 3. The first-order valence-corrected chi connectivity index (χ1v) is 6.37. The molecule has 2 heterocycles. The Kier molecular flexibility index (Phi) is 4.69. The Bertz CT molecular complexity index is 610. The van der Waals surface area contributed by atoms with Crippen molar-refractivity contribution in [3.8, 4) is 6.07 Å². The predicted octanol–water partition coefficient (Wildman–Crippen LogP) is 2.03. The van der Waals surface area contributed by atoms with Gasteiger partial charge in [-0.05, 0) is 11.6 Å². The van der Waals surface area contributed by atoms with E-state index in [-0.39, 0.29) is 5.15 Å². The van der Waals surface area contributed by atoms with Gasteiger partial charge >= 0.3 is 0 Å². The smallest absolute Gasteiger partial charge is 0.157 e. The zero-order chi connectivity index (χ0) is 14.4. The van der Waals surface area contributed by atoms with Crippen LogP contribution in [0.1, 0.15) is 12.0 Å². The lowest BCUT2D eigenvalue weighted by Crippen LogP contribution is -2.26. The highest BCUT2D eigenvalue weighted by Gasteiger charge is 2.14. The van der Waals surface area contributed by atoms with Gasteiger partial charge < -0.3 is 10.6 Å². The summed E-state index contributed by atoms with van der Waals surface area (Å²) in [6, 6.07) is 5.92. The van der Waals surface area contributed by atoms with Crippen molar-refractivity contribution in [3.63, 3.8) is 0 Å². The first kappa shape index (κ1) is 14.0. The number of nitrogen functional groups attached to an aromatic ring is 1. The van der Waals surface area contributed by atoms with Gasteiger partial charge in [-0.1, -0.05) is 17.7 Å². The summed E-state index contributed by atoms with van der Waals surface area (Å²) >= 11 is 5.91. The molecule has 102 valence electrons. The summed E-state index contributed by atoms with van der Waals surface area (Å²) in [5.41, 5.74) is 7.23. The first-order chi connectivity index (χ1) is 9.72. The molecule has 2 aromatic rings. The van der Waals surface area contributed by atoms with Gasteiger partial charge in [0, 0.05) is 25.5 Å². The second-order valence-corrected chi connectivity index (χ2v) is 4.45. The molecule has 0 aliphatic rings. The summed E-state index contributed by atoms with van der Waals surface area (Å²) in [5, 5.41) is 8.98. The number of hydrogen-bond donors (Lipinski definition) is 1. The van der Waals surface area contributed by atoms with E-state index >= 15 is 0 Å². The molecule has 0 aliphatic heterocycles. The van der Waals surface area contributed by atoms with E-state index in [2.05, 4.69) is 21.0 Å². The van der Waals surface area contributed by atoms with E-state index in [9.17, 15) is 0 Å². The van der Waals surface area contributed by atoms with Crippen molar-refractivity contribution in [2.45, 2.75) is 13.0 Å². The summed E-state index contributed by atoms with van der Waals surface area (Å²) in [4.78, 5) is 14.0. The lowest BCUT2D eigenvalue weighted by atomic mass is 10.2. The minimum atomic E-state index is 0.211. The quantitative estimate of drug-likeness (QED) is 0.846. The third kappa shape index (κ3) is 3.33. The van der Waals surface area contributed by atoms with Crippen LogP contribution in [0.2, 0.25) is 5.15 Å². The third-order valence-corrected chi connectivity index (χ3v) is 3.00. The molecule has 6 nitrogen and oxygen atoms in total. The standard InChI is InChI=1S/C13H13ClN6/c14-12-11(16)13(19-9-18-12)20(6-2-4-15)8-10-3-1-5-17-7-10/h1,3,5,7,9H,2,6,8,16H2. The Morgan fingerprint density at radius 2 is 2.25 bits per heavy atom. The highest BCUT2D eigenvalue weighted by Crippen LogP contribution is 2.26. The summed E-state index contributed by atoms with van der Waals surface area (Å²) in [7, 11) is 0. The highest BCUT2D eigenvalue weighted by molar-refractivity contribution is 6.32. The molecule has 0 aromatic carbocycles. The van der Waals surface area contributed by atoms with Crippen molar-refractivity contribution in [3.05, 3.63) is 41.6 Å². The van der Waals surface area contributed by atoms with Crippen LogP contribution in [-0.4, -0.2) is 21.5 Å². The maximum Gasteiger partial charge on any atom is 0.157 e. The van der Waals surface area contributed by atoms with Crippen LogP contribution >= 0.6 is 11.6 Å². The number of anilines is 2. The molecule has 7 heteroatoms. The van der Waals surface area contributed by atoms with Crippen LogP contribution in [0, 0.1) is 11.3 Å². The summed E-state index contributed by atoms with van der Waals surface area (Å²) in [6.45, 7) is 1.05. The van der Waals surface area contributed by atoms with E-state index in [0.717, 1.165) is 5.56 Å². The van der Waals surface area contributed by atoms with Crippen LogP contribution in [-0.2, 0) is 6.54 Å². The summed E-state index contributed by atoms with van der Waals surface area (Å²) < 4.78 is 0. The van der Waals surface area contributed by atoms with E-state index in [4.69, 9.17) is 22.6 Å². The molecule has 2 N–H and O–H groups in total. The van der Waals surface area contributed by atoms with Gasteiger partial charge in [0.25, 0.3) is 0 Å². The molecule has 2 aromatic heterocycles. The molecule has 0 saturated heterocycles. The van der Waals surface area contributed by atoms with Crippen LogP contribution in [0.15, 0.2) is 30.9 Å². The number of pyridine rings is 1. The average molecular weight is 289 g/mol. The van der Waals surface area contributed by atoms with Crippen molar-refractivity contribution in [1.82, 2.24) is 15.0 Å². The molecule has 0 amide bonds. The van der Waals surface area contributed by atoms with Crippen LogP contribution in [0.25, 0.3) is 0 Å². The molecule has 0 radical (unpaired) electrons. The van der Waals surface area contributed by atoms with Crippen molar-refractivity contribution >= 4 is 23.1 Å². The Hall–Kier alpha value is -2.39. The molecule has 2 rings (SSSR count). The number of rotatable bonds is 5. The zero-order valence-electron chi connectivity index (χ0n) is 10.7. The second kappa shape index (κ2) is 6.68. The van der Waals surface area contributed by atoms with Crippen molar-refractivity contribution in [2.75, 3.05) is 17.2 Å². The van der Waals surface area contributed by atoms with Crippen molar-refractivity contribution in [1.29, 1.82) is 5.26 Å². The van der Waals surface area contributed by atoms with E-state index in [1.165, 1.54) is 6.33 Å². The molecule has 0 spiro atoms. The van der Waals surface area contributed by atoms with Crippen LogP contribution in [0.3, 0.4) is 0 Å². The molecule has 0 saturated carbocycles. The predicted molar refractivity (Wildman–Crippen MR) is 77.0 cm³/mol. The lowest BCUT2D eigenvalue weighted by molar-refractivity contribution is 0.779. The molecule has 0 bridgehead atoms. The maximum atomic E-state index is 8.77. The number of halogens is 1. The minimum absolute atomic E-state index is 0.211. The molecule has 0 unspecified atom stereocenters. The Morgan fingerprint density at radius 3 is 2.95 bits per heavy atom. The first-order valence-electron chi connectivity index (χ1n) is 5.99. The lowest BCUT2D eigenvalue weighted by Gasteiger charge is -2.23. The molecule has 0 aliphatic carbocycles. The Balaban J connectivity index is 2.28. The fourth-order valence-electron chi connectivity index (χ4n) is 1.77. The number of hydrogen-bond acceptors (Lipinski definition) is 6. The molecule has 0 atom stereocenters. The van der Waals surface area contributed by atoms with Gasteiger partial charge in [-0.25, -0.2) is 9.97 Å². The Labute approximate surface area is 121 Å². The van der Waals surface area contributed by atoms with E-state index < -0.39 is 0 Å². The number of nitriles is 1. The second-order valence-electron chi connectivity index (χ2n) is 4.09. The monoisotopic (exact) mass is 288 g/mol. The fraction of sp³-hybridized carbons (Fsp3) is 0.231. The minimum Gasteiger partial charge on any atom is -0.393 e. The van der Waals surface area contributed by atoms with Gasteiger partial charge in [-0.3, -0.25) is 4.98 Å². The van der Waals surface area contributed by atoms with Gasteiger partial charge in [-0.15, -0.1) is 0 Å². The van der Waals surface area contributed by atoms with Crippen molar-refractivity contribution < 1.29 is 0 Å². The van der Waals surface area contributed by atoms with Gasteiger partial charge in [0.2, 0.25) is 0 Å². The number of nitrogens with zero attached hydrogens (tertiary/aromatic N) is 5. The average Bonchev–Trinajstić information content (AvgIpc) is 2.48. The van der Waals surface area contributed by atoms with Crippen LogP contribution < -0.4 is 10.6 Å². The van der Waals surface area contributed by atoms with Gasteiger partial charge in [0.15, 0.2) is 11.0 Å². The van der Waals surface area contributed by atoms with Crippen LogP contribution in [0.5, 0.6) is 0 Å². The summed E-state index contributed by atoms with van der Waals surface area (Å²) in [6.07, 6.45) is 5.19. The van der Waals surface area contributed by atoms with E-state index in [1.807, 2.05) is 17.0 Å². The van der Waals surface area contributed by atoms with Crippen molar-refractivity contribution in [2.24, 2.45) is 0 Å². The molecular weight excluding hydrogens is 276 g/mol. The number of nitrogens with two attached hydrogens (primary N) is 1. The zero-order valence-corrected chi connectivity index (χ0v) is 11.5. The molecule has 20 heavy (non-hydrogen) atoms. The van der Waals surface area contributed by atoms with E-state index in [0.29, 0.717) is 31.0 Å². The van der Waals surface area contributed by atoms with Gasteiger partial charge in [-0.2, -0.15) is 5.26 Å². The maximum absolute atomic E-state index is 8.77. The molecule has 0 fully saturated rings. The largest absolute Gasteiger partial charge is 0.393 e. The van der Waals surface area contributed by atoms with Gasteiger partial charge in [0.05, 0.1) is 12.5 Å².